The molecule has 0 saturated carbocycles. The van der Waals surface area contributed by atoms with E-state index in [1.807, 2.05) is 0 Å². The first-order chi connectivity index (χ1) is 7.93. The second-order valence-electron chi connectivity index (χ2n) is 5.98. The summed E-state index contributed by atoms with van der Waals surface area (Å²) in [6.45, 7) is 11.8. The highest BCUT2D eigenvalue weighted by molar-refractivity contribution is 7.98. The molecule has 1 aromatic carbocycles. The maximum Gasteiger partial charge on any atom is 0.0775 e. The highest BCUT2D eigenvalue weighted by atomic mass is 32.2. The van der Waals surface area contributed by atoms with Crippen molar-refractivity contribution in [1.82, 2.24) is 0 Å². The van der Waals surface area contributed by atoms with Gasteiger partial charge in [-0.05, 0) is 17.2 Å². The normalized spacial score (nSPS) is 13.7. The van der Waals surface area contributed by atoms with E-state index >= 15 is 0 Å². The first-order valence-corrected chi connectivity index (χ1v) is 11.3. The Morgan fingerprint density at radius 3 is 2.18 bits per heavy atom. The van der Waals surface area contributed by atoms with Gasteiger partial charge in [0.2, 0.25) is 0 Å². The molecule has 0 heterocycles. The van der Waals surface area contributed by atoms with Gasteiger partial charge < -0.3 is 0 Å². The van der Waals surface area contributed by atoms with Crippen molar-refractivity contribution in [1.29, 1.82) is 0 Å². The quantitative estimate of drug-likeness (QED) is 0.683. The van der Waals surface area contributed by atoms with Crippen LogP contribution in [0.1, 0.15) is 25.8 Å². The molecule has 0 bridgehead atoms. The van der Waals surface area contributed by atoms with E-state index in [4.69, 9.17) is 0 Å². The zero-order chi connectivity index (χ0) is 12.9. The van der Waals surface area contributed by atoms with Crippen LogP contribution in [0.5, 0.6) is 0 Å². The molecular weight excluding hydrogens is 240 g/mol. The molecule has 0 nitrogen and oxygen atoms in total. The third kappa shape index (κ3) is 5.30. The summed E-state index contributed by atoms with van der Waals surface area (Å²) in [6, 6.07) is 9.31. The van der Waals surface area contributed by atoms with Crippen molar-refractivity contribution in [2.75, 3.05) is 5.75 Å². The molecule has 0 aromatic heterocycles. The van der Waals surface area contributed by atoms with Crippen LogP contribution in [0.2, 0.25) is 19.6 Å². The van der Waals surface area contributed by atoms with Crippen LogP contribution >= 0.6 is 11.8 Å². The highest BCUT2D eigenvalue weighted by Crippen LogP contribution is 2.17. The minimum atomic E-state index is -1.12. The topological polar surface area (TPSA) is 0 Å². The average molecular weight is 267 g/mol. The zero-order valence-corrected chi connectivity index (χ0v) is 13.7. The average Bonchev–Trinajstić information content (AvgIpc) is 2.28. The van der Waals surface area contributed by atoms with E-state index in [9.17, 15) is 0 Å². The lowest BCUT2D eigenvalue weighted by Gasteiger charge is -2.16. The Morgan fingerprint density at radius 2 is 1.71 bits per heavy atom. The molecule has 1 rings (SSSR count). The van der Waals surface area contributed by atoms with Gasteiger partial charge >= 0.3 is 0 Å². The van der Waals surface area contributed by atoms with Crippen molar-refractivity contribution >= 4 is 25.0 Å². The fraction of sp³-hybridized carbons (Fsp3) is 0.600. The maximum absolute atomic E-state index is 2.40. The fourth-order valence-corrected chi connectivity index (χ4v) is 3.95. The minimum Gasteiger partial charge on any atom is -0.157 e. The summed E-state index contributed by atoms with van der Waals surface area (Å²) in [5.41, 5.74) is 1.47. The Balaban J connectivity index is 2.46. The molecule has 0 aliphatic carbocycles. The summed E-state index contributed by atoms with van der Waals surface area (Å²) in [6.07, 6.45) is 1.29. The van der Waals surface area contributed by atoms with E-state index in [-0.39, 0.29) is 0 Å². The molecule has 0 fully saturated rings. The SMILES string of the molecule is CCC(C)CSCc1ccc([Si](C)(C)C)cc1. The molecule has 0 radical (unpaired) electrons. The van der Waals surface area contributed by atoms with Crippen LogP contribution in [0, 0.1) is 5.92 Å². The predicted molar refractivity (Wildman–Crippen MR) is 85.0 cm³/mol. The van der Waals surface area contributed by atoms with Crippen LogP contribution in [0.3, 0.4) is 0 Å². The zero-order valence-electron chi connectivity index (χ0n) is 11.9. The van der Waals surface area contributed by atoms with Crippen LogP contribution in [0.25, 0.3) is 0 Å². The van der Waals surface area contributed by atoms with Crippen LogP contribution in [-0.2, 0) is 5.75 Å². The van der Waals surface area contributed by atoms with Crippen LogP contribution in [-0.4, -0.2) is 13.8 Å². The van der Waals surface area contributed by atoms with Crippen molar-refractivity contribution in [2.45, 2.75) is 45.7 Å². The number of thioether (sulfide) groups is 1. The number of hydrogen-bond donors (Lipinski definition) is 0. The van der Waals surface area contributed by atoms with Crippen molar-refractivity contribution in [3.05, 3.63) is 29.8 Å². The first-order valence-electron chi connectivity index (χ1n) is 6.60. The second kappa shape index (κ2) is 6.65. The van der Waals surface area contributed by atoms with Gasteiger partial charge in [0.1, 0.15) is 0 Å². The molecule has 0 aliphatic rings. The van der Waals surface area contributed by atoms with Gasteiger partial charge in [0, 0.05) is 5.75 Å². The van der Waals surface area contributed by atoms with Gasteiger partial charge in [0.15, 0.2) is 0 Å². The van der Waals surface area contributed by atoms with Crippen molar-refractivity contribution in [3.8, 4) is 0 Å². The number of rotatable bonds is 6. The minimum absolute atomic E-state index is 0.848. The van der Waals surface area contributed by atoms with Crippen molar-refractivity contribution < 1.29 is 0 Å². The van der Waals surface area contributed by atoms with E-state index in [0.29, 0.717) is 0 Å². The highest BCUT2D eigenvalue weighted by Gasteiger charge is 2.15. The summed E-state index contributed by atoms with van der Waals surface area (Å²) in [5, 5.41) is 1.56. The lowest BCUT2D eigenvalue weighted by Crippen LogP contribution is -2.37. The number of hydrogen-bond acceptors (Lipinski definition) is 1. The standard InChI is InChI=1S/C15H26SSi/c1-6-13(2)11-16-12-14-7-9-15(10-8-14)17(3,4)5/h7-10,13H,6,11-12H2,1-5H3. The molecule has 0 amide bonds. The van der Waals surface area contributed by atoms with E-state index in [2.05, 4.69) is 69.5 Å². The van der Waals surface area contributed by atoms with Crippen LogP contribution in [0.4, 0.5) is 0 Å². The van der Waals surface area contributed by atoms with Gasteiger partial charge in [-0.1, -0.05) is 69.4 Å². The van der Waals surface area contributed by atoms with Gasteiger partial charge in [0.25, 0.3) is 0 Å². The van der Waals surface area contributed by atoms with Crippen LogP contribution < -0.4 is 5.19 Å². The molecule has 0 saturated heterocycles. The van der Waals surface area contributed by atoms with Gasteiger partial charge in [-0.25, -0.2) is 0 Å². The van der Waals surface area contributed by atoms with Gasteiger partial charge in [-0.2, -0.15) is 11.8 Å². The maximum atomic E-state index is 2.40. The van der Waals surface area contributed by atoms with Crippen LogP contribution in [0.15, 0.2) is 24.3 Å². The third-order valence-electron chi connectivity index (χ3n) is 3.19. The molecule has 1 atom stereocenters. The lowest BCUT2D eigenvalue weighted by atomic mass is 10.2. The molecule has 17 heavy (non-hydrogen) atoms. The van der Waals surface area contributed by atoms with Crippen molar-refractivity contribution in [3.63, 3.8) is 0 Å². The van der Waals surface area contributed by atoms with E-state index in [1.165, 1.54) is 17.7 Å². The molecule has 1 aromatic rings. The van der Waals surface area contributed by atoms with Crippen molar-refractivity contribution in [2.24, 2.45) is 5.92 Å². The largest absolute Gasteiger partial charge is 0.157 e. The summed E-state index contributed by atoms with van der Waals surface area (Å²) < 4.78 is 0. The monoisotopic (exact) mass is 266 g/mol. The Labute approximate surface area is 112 Å². The lowest BCUT2D eigenvalue weighted by molar-refractivity contribution is 0.637. The first kappa shape index (κ1) is 14.8. The van der Waals surface area contributed by atoms with E-state index < -0.39 is 8.07 Å². The summed E-state index contributed by atoms with van der Waals surface area (Å²) in [7, 11) is -1.12. The Morgan fingerprint density at radius 1 is 1.12 bits per heavy atom. The third-order valence-corrected chi connectivity index (χ3v) is 6.60. The molecule has 1 unspecified atom stereocenters. The van der Waals surface area contributed by atoms with E-state index in [1.54, 1.807) is 5.19 Å². The Bertz CT molecular complexity index is 324. The van der Waals surface area contributed by atoms with E-state index in [0.717, 1.165) is 11.7 Å². The Kier molecular flexibility index (Phi) is 5.81. The second-order valence-corrected chi connectivity index (χ2v) is 12.1. The fourth-order valence-electron chi connectivity index (χ4n) is 1.60. The molecule has 0 N–H and O–H groups in total. The predicted octanol–water partition coefficient (Wildman–Crippen LogP) is 4.51. The van der Waals surface area contributed by atoms with Gasteiger partial charge in [-0.3, -0.25) is 0 Å². The Hall–Kier alpha value is -0.213. The number of benzene rings is 1. The molecule has 2 heteroatoms. The summed E-state index contributed by atoms with van der Waals surface area (Å²) in [5.74, 6) is 3.30. The molecule has 0 aliphatic heterocycles. The smallest absolute Gasteiger partial charge is 0.0775 e. The summed E-state index contributed by atoms with van der Waals surface area (Å²) in [4.78, 5) is 0. The molecule has 96 valence electrons. The molecule has 0 spiro atoms. The summed E-state index contributed by atoms with van der Waals surface area (Å²) >= 11 is 2.06. The van der Waals surface area contributed by atoms with Gasteiger partial charge in [-0.15, -0.1) is 0 Å². The molecular formula is C15H26SSi. The van der Waals surface area contributed by atoms with Gasteiger partial charge in [0.05, 0.1) is 8.07 Å².